The van der Waals surface area contributed by atoms with E-state index in [1.54, 1.807) is 0 Å². The summed E-state index contributed by atoms with van der Waals surface area (Å²) < 4.78 is 0. The Morgan fingerprint density at radius 2 is 1.89 bits per heavy atom. The Bertz CT molecular complexity index is 350. The predicted molar refractivity (Wildman–Crippen MR) is 70.0 cm³/mol. The van der Waals surface area contributed by atoms with Crippen molar-refractivity contribution in [1.29, 1.82) is 0 Å². The molecule has 0 radical (unpaired) electrons. The van der Waals surface area contributed by atoms with Crippen LogP contribution in [0.4, 0.5) is 0 Å². The average Bonchev–Trinajstić information content (AvgIpc) is 3.11. The molecule has 1 heterocycles. The molecule has 4 fully saturated rings. The Hall–Kier alpha value is -0.570. The number of rotatable bonds is 2. The quantitative estimate of drug-likeness (QED) is 0.780. The molecule has 2 bridgehead atoms. The molecule has 0 aromatic rings. The van der Waals surface area contributed by atoms with Gasteiger partial charge in [-0.25, -0.2) is 0 Å². The molecule has 1 amide bonds. The zero-order valence-electron chi connectivity index (χ0n) is 11.0. The number of nitrogens with one attached hydrogen (secondary N) is 2. The van der Waals surface area contributed by atoms with Crippen molar-refractivity contribution < 1.29 is 4.79 Å². The van der Waals surface area contributed by atoms with E-state index in [0.29, 0.717) is 6.04 Å². The van der Waals surface area contributed by atoms with Crippen LogP contribution in [0, 0.1) is 23.7 Å². The highest BCUT2D eigenvalue weighted by Crippen LogP contribution is 2.58. The fourth-order valence-corrected chi connectivity index (χ4v) is 5.43. The van der Waals surface area contributed by atoms with Crippen molar-refractivity contribution in [3.63, 3.8) is 0 Å². The molecule has 3 aliphatic carbocycles. The van der Waals surface area contributed by atoms with Crippen molar-refractivity contribution in [2.24, 2.45) is 23.7 Å². The molecule has 2 N–H and O–H groups in total. The molecule has 3 saturated carbocycles. The number of hydrogen-bond acceptors (Lipinski definition) is 2. The van der Waals surface area contributed by atoms with Crippen LogP contribution in [0.25, 0.3) is 0 Å². The number of carbonyl (C=O) groups excluding carboxylic acids is 1. The Balaban J connectivity index is 1.40. The molecule has 6 unspecified atom stereocenters. The van der Waals surface area contributed by atoms with Gasteiger partial charge in [-0.1, -0.05) is 6.42 Å². The van der Waals surface area contributed by atoms with Crippen LogP contribution in [0.2, 0.25) is 0 Å². The first kappa shape index (κ1) is 11.3. The van der Waals surface area contributed by atoms with Gasteiger partial charge in [0.25, 0.3) is 0 Å². The van der Waals surface area contributed by atoms with Crippen molar-refractivity contribution in [2.45, 2.75) is 57.0 Å². The average molecular weight is 248 g/mol. The highest BCUT2D eigenvalue weighted by atomic mass is 16.2. The van der Waals surface area contributed by atoms with Gasteiger partial charge in [0.15, 0.2) is 0 Å². The fourth-order valence-electron chi connectivity index (χ4n) is 5.43. The maximum absolute atomic E-state index is 12.2. The summed E-state index contributed by atoms with van der Waals surface area (Å²) in [7, 11) is 0. The molecule has 4 rings (SSSR count). The molecular weight excluding hydrogens is 224 g/mol. The van der Waals surface area contributed by atoms with E-state index in [4.69, 9.17) is 0 Å². The van der Waals surface area contributed by atoms with Crippen molar-refractivity contribution >= 4 is 5.91 Å². The second kappa shape index (κ2) is 4.22. The summed E-state index contributed by atoms with van der Waals surface area (Å²) in [5.74, 6) is 4.00. The fraction of sp³-hybridized carbons (Fsp3) is 0.933. The van der Waals surface area contributed by atoms with Crippen LogP contribution in [0.15, 0.2) is 0 Å². The molecule has 0 aromatic heterocycles. The second-order valence-electron chi connectivity index (χ2n) is 6.92. The van der Waals surface area contributed by atoms with Crippen LogP contribution in [-0.4, -0.2) is 24.5 Å². The number of hydrogen-bond donors (Lipinski definition) is 2. The monoisotopic (exact) mass is 248 g/mol. The third-order valence-electron chi connectivity index (χ3n) is 6.13. The minimum atomic E-state index is 0.100. The molecular formula is C15H24N2O. The molecule has 3 nitrogen and oxygen atoms in total. The van der Waals surface area contributed by atoms with Gasteiger partial charge in [-0.05, 0) is 68.7 Å². The Morgan fingerprint density at radius 3 is 2.72 bits per heavy atom. The van der Waals surface area contributed by atoms with Gasteiger partial charge in [-0.15, -0.1) is 0 Å². The van der Waals surface area contributed by atoms with Gasteiger partial charge in [0.1, 0.15) is 0 Å². The molecule has 1 saturated heterocycles. The minimum absolute atomic E-state index is 0.100. The Morgan fingerprint density at radius 1 is 1.00 bits per heavy atom. The topological polar surface area (TPSA) is 41.1 Å². The third kappa shape index (κ3) is 1.63. The molecule has 100 valence electrons. The zero-order valence-corrected chi connectivity index (χ0v) is 11.0. The van der Waals surface area contributed by atoms with Gasteiger partial charge in [-0.2, -0.15) is 0 Å². The lowest BCUT2D eigenvalue weighted by Gasteiger charge is -2.32. The van der Waals surface area contributed by atoms with Crippen LogP contribution < -0.4 is 10.6 Å². The van der Waals surface area contributed by atoms with Crippen LogP contribution in [-0.2, 0) is 4.79 Å². The van der Waals surface area contributed by atoms with E-state index in [2.05, 4.69) is 10.6 Å². The summed E-state index contributed by atoms with van der Waals surface area (Å²) in [5.41, 5.74) is 0. The first-order chi connectivity index (χ1) is 8.83. The van der Waals surface area contributed by atoms with Gasteiger partial charge in [0.05, 0.1) is 6.04 Å². The summed E-state index contributed by atoms with van der Waals surface area (Å²) in [4.78, 5) is 12.2. The lowest BCUT2D eigenvalue weighted by molar-refractivity contribution is -0.124. The highest BCUT2D eigenvalue weighted by molar-refractivity contribution is 5.82. The standard InChI is InChI=1S/C15H24N2O/c18-15(13-5-2-6-16-13)17-14-8-9-7-12(14)11-4-1-3-10(9)11/h9-14,16H,1-8H2,(H,17,18). The summed E-state index contributed by atoms with van der Waals surface area (Å²) in [6, 6.07) is 0.604. The van der Waals surface area contributed by atoms with Crippen molar-refractivity contribution in [3.05, 3.63) is 0 Å². The first-order valence-corrected chi connectivity index (χ1v) is 7.86. The molecule has 1 aliphatic heterocycles. The van der Waals surface area contributed by atoms with Gasteiger partial charge in [0, 0.05) is 6.04 Å². The predicted octanol–water partition coefficient (Wildman–Crippen LogP) is 1.68. The van der Waals surface area contributed by atoms with Crippen LogP contribution in [0.3, 0.4) is 0 Å². The van der Waals surface area contributed by atoms with E-state index in [1.165, 1.54) is 32.1 Å². The summed E-state index contributed by atoms with van der Waals surface area (Å²) in [6.45, 7) is 1.01. The number of amides is 1. The van der Waals surface area contributed by atoms with Crippen molar-refractivity contribution in [3.8, 4) is 0 Å². The van der Waals surface area contributed by atoms with E-state index in [9.17, 15) is 4.79 Å². The summed E-state index contributed by atoms with van der Waals surface area (Å²) in [5, 5.41) is 6.67. The maximum atomic E-state index is 12.2. The smallest absolute Gasteiger partial charge is 0.237 e. The lowest BCUT2D eigenvalue weighted by atomic mass is 9.79. The van der Waals surface area contributed by atoms with E-state index in [-0.39, 0.29) is 11.9 Å². The normalized spacial score (nSPS) is 49.6. The largest absolute Gasteiger partial charge is 0.352 e. The first-order valence-electron chi connectivity index (χ1n) is 7.86. The summed E-state index contributed by atoms with van der Waals surface area (Å²) in [6.07, 6.45) is 9.19. The maximum Gasteiger partial charge on any atom is 0.237 e. The molecule has 0 spiro atoms. The van der Waals surface area contributed by atoms with Gasteiger partial charge in [-0.3, -0.25) is 4.79 Å². The summed E-state index contributed by atoms with van der Waals surface area (Å²) >= 11 is 0. The molecule has 0 aromatic carbocycles. The minimum Gasteiger partial charge on any atom is -0.352 e. The van der Waals surface area contributed by atoms with E-state index < -0.39 is 0 Å². The van der Waals surface area contributed by atoms with Crippen LogP contribution in [0.1, 0.15) is 44.9 Å². The van der Waals surface area contributed by atoms with Gasteiger partial charge < -0.3 is 10.6 Å². The third-order valence-corrected chi connectivity index (χ3v) is 6.13. The van der Waals surface area contributed by atoms with Crippen molar-refractivity contribution in [2.75, 3.05) is 6.54 Å². The SMILES string of the molecule is O=C(NC1CC2CC1C1CCCC21)C1CCCN1. The molecule has 3 heteroatoms. The second-order valence-corrected chi connectivity index (χ2v) is 6.92. The van der Waals surface area contributed by atoms with Crippen LogP contribution in [0.5, 0.6) is 0 Å². The molecule has 4 aliphatic rings. The van der Waals surface area contributed by atoms with Gasteiger partial charge >= 0.3 is 0 Å². The zero-order chi connectivity index (χ0) is 12.1. The number of carbonyl (C=O) groups is 1. The molecule has 6 atom stereocenters. The van der Waals surface area contributed by atoms with Crippen molar-refractivity contribution in [1.82, 2.24) is 10.6 Å². The Kier molecular flexibility index (Phi) is 2.65. The molecule has 18 heavy (non-hydrogen) atoms. The van der Waals surface area contributed by atoms with E-state index >= 15 is 0 Å². The Labute approximate surface area is 109 Å². The highest BCUT2D eigenvalue weighted by Gasteiger charge is 2.54. The van der Waals surface area contributed by atoms with Crippen LogP contribution >= 0.6 is 0 Å². The number of fused-ring (bicyclic) bond motifs is 5. The van der Waals surface area contributed by atoms with E-state index in [0.717, 1.165) is 43.1 Å². The van der Waals surface area contributed by atoms with E-state index in [1.807, 2.05) is 0 Å². The van der Waals surface area contributed by atoms with Gasteiger partial charge in [0.2, 0.25) is 5.91 Å². The lowest BCUT2D eigenvalue weighted by Crippen LogP contribution is -2.48.